The van der Waals surface area contributed by atoms with Crippen LogP contribution in [0.15, 0.2) is 83.3 Å². The molecule has 0 saturated carbocycles. The van der Waals surface area contributed by atoms with Crippen molar-refractivity contribution in [3.63, 3.8) is 0 Å². The van der Waals surface area contributed by atoms with Gasteiger partial charge in [0.25, 0.3) is 0 Å². The van der Waals surface area contributed by atoms with Gasteiger partial charge in [-0.3, -0.25) is 14.5 Å². The highest BCUT2D eigenvalue weighted by Gasteiger charge is 2.44. The lowest BCUT2D eigenvalue weighted by Gasteiger charge is -2.34. The number of fused-ring (bicyclic) bond motifs is 2. The molecule has 2 aliphatic heterocycles. The van der Waals surface area contributed by atoms with Gasteiger partial charge in [0.05, 0.1) is 24.1 Å². The van der Waals surface area contributed by atoms with Crippen LogP contribution in [0, 0.1) is 0 Å². The van der Waals surface area contributed by atoms with E-state index in [1.54, 1.807) is 18.2 Å². The second kappa shape index (κ2) is 10.7. The van der Waals surface area contributed by atoms with Crippen molar-refractivity contribution in [3.05, 3.63) is 94.5 Å². The third kappa shape index (κ3) is 5.51. The fourth-order valence-corrected chi connectivity index (χ4v) is 4.99. The normalized spacial score (nSPS) is 19.9. The number of nitrogen functional groups attached to an aromatic ring is 1. The Hall–Kier alpha value is -3.46. The largest absolute Gasteiger partial charge is 0.397 e. The van der Waals surface area contributed by atoms with Crippen molar-refractivity contribution in [1.82, 2.24) is 4.90 Å². The third-order valence-corrected chi connectivity index (χ3v) is 7.06. The number of nitrogens with two attached hydrogens (primary N) is 1. The smallest absolute Gasteiger partial charge is 0.248 e. The SMILES string of the molecule is Nc1ccccc1NC(=O)/C=C/c1ccc(C(C(=O)Nc2ccc(Br)cc2)N2C[C@H]3CC2CO3)cc1. The van der Waals surface area contributed by atoms with Gasteiger partial charge in [-0.25, -0.2) is 0 Å². The van der Waals surface area contributed by atoms with Crippen molar-refractivity contribution in [1.29, 1.82) is 0 Å². The Morgan fingerprint density at radius 2 is 1.78 bits per heavy atom. The lowest BCUT2D eigenvalue weighted by atomic mass is 10.0. The fraction of sp³-hybridized carbons (Fsp3) is 0.214. The van der Waals surface area contributed by atoms with Crippen molar-refractivity contribution >= 4 is 50.9 Å². The molecule has 36 heavy (non-hydrogen) atoms. The molecule has 5 rings (SSSR count). The maximum absolute atomic E-state index is 13.5. The summed E-state index contributed by atoms with van der Waals surface area (Å²) in [6.45, 7) is 1.38. The minimum Gasteiger partial charge on any atom is -0.397 e. The molecular formula is C28H27BrN4O3. The van der Waals surface area contributed by atoms with Gasteiger partial charge in [0.1, 0.15) is 6.04 Å². The number of ether oxygens (including phenoxy) is 1. The van der Waals surface area contributed by atoms with E-state index in [9.17, 15) is 9.59 Å². The molecule has 3 atom stereocenters. The van der Waals surface area contributed by atoms with E-state index in [-0.39, 0.29) is 24.0 Å². The Kier molecular flexibility index (Phi) is 7.18. The molecule has 2 aliphatic rings. The van der Waals surface area contributed by atoms with Crippen LogP contribution in [0.25, 0.3) is 6.08 Å². The zero-order valence-corrected chi connectivity index (χ0v) is 21.1. The Morgan fingerprint density at radius 3 is 2.44 bits per heavy atom. The summed E-state index contributed by atoms with van der Waals surface area (Å²) < 4.78 is 6.72. The van der Waals surface area contributed by atoms with Crippen LogP contribution in [0.3, 0.4) is 0 Å². The maximum atomic E-state index is 13.5. The molecule has 7 nitrogen and oxygen atoms in total. The van der Waals surface area contributed by atoms with E-state index in [1.807, 2.05) is 60.7 Å². The Morgan fingerprint density at radius 1 is 1.03 bits per heavy atom. The molecule has 2 bridgehead atoms. The van der Waals surface area contributed by atoms with Crippen molar-refractivity contribution in [2.24, 2.45) is 0 Å². The number of nitrogens with zero attached hydrogens (tertiary/aromatic N) is 1. The number of carbonyl (C=O) groups excluding carboxylic acids is 2. The number of likely N-dealkylation sites (tertiary alicyclic amines) is 1. The molecule has 2 fully saturated rings. The number of para-hydroxylation sites is 2. The number of benzene rings is 3. The number of nitrogens with one attached hydrogen (secondary N) is 2. The standard InChI is InChI=1S/C28H27BrN4O3/c29-20-10-12-21(13-11-20)31-28(35)27(33-16-23-15-22(33)17-36-23)19-8-5-18(6-9-19)7-14-26(34)32-25-4-2-1-3-24(25)30/h1-14,22-23,27H,15-17,30H2,(H,31,35)(H,32,34)/b14-7+/t22?,23-,27?/m1/s1. The molecule has 2 saturated heterocycles. The number of hydrogen-bond acceptors (Lipinski definition) is 5. The number of hydrogen-bond donors (Lipinski definition) is 3. The van der Waals surface area contributed by atoms with Gasteiger partial charge < -0.3 is 21.1 Å². The van der Waals surface area contributed by atoms with E-state index < -0.39 is 6.04 Å². The van der Waals surface area contributed by atoms with Gasteiger partial charge >= 0.3 is 0 Å². The highest BCUT2D eigenvalue weighted by atomic mass is 79.9. The van der Waals surface area contributed by atoms with Gasteiger partial charge in [-0.15, -0.1) is 0 Å². The Labute approximate surface area is 218 Å². The van der Waals surface area contributed by atoms with Crippen molar-refractivity contribution in [2.75, 3.05) is 29.5 Å². The first kappa shape index (κ1) is 24.2. The Balaban J connectivity index is 1.31. The van der Waals surface area contributed by atoms with Crippen molar-refractivity contribution in [2.45, 2.75) is 24.6 Å². The highest BCUT2D eigenvalue weighted by Crippen LogP contribution is 2.36. The van der Waals surface area contributed by atoms with E-state index in [1.165, 1.54) is 6.08 Å². The molecule has 2 amide bonds. The lowest BCUT2D eigenvalue weighted by Crippen LogP contribution is -2.44. The molecule has 3 aromatic carbocycles. The van der Waals surface area contributed by atoms with Gasteiger partial charge in [-0.2, -0.15) is 0 Å². The van der Waals surface area contributed by atoms with Gasteiger partial charge in [0, 0.05) is 28.8 Å². The predicted octanol–water partition coefficient (Wildman–Crippen LogP) is 4.84. The number of rotatable bonds is 7. The second-order valence-corrected chi connectivity index (χ2v) is 9.93. The molecule has 0 spiro atoms. The van der Waals surface area contributed by atoms with Crippen LogP contribution in [0.2, 0.25) is 0 Å². The van der Waals surface area contributed by atoms with Crippen molar-refractivity contribution < 1.29 is 14.3 Å². The highest BCUT2D eigenvalue weighted by molar-refractivity contribution is 9.10. The van der Waals surface area contributed by atoms with Crippen LogP contribution < -0.4 is 16.4 Å². The monoisotopic (exact) mass is 546 g/mol. The zero-order chi connectivity index (χ0) is 25.1. The van der Waals surface area contributed by atoms with Gasteiger partial charge in [-0.05, 0) is 60.0 Å². The summed E-state index contributed by atoms with van der Waals surface area (Å²) in [6.07, 6.45) is 4.33. The number of halogens is 1. The van der Waals surface area contributed by atoms with Gasteiger partial charge in [0.15, 0.2) is 0 Å². The first-order chi connectivity index (χ1) is 17.5. The molecule has 2 unspecified atom stereocenters. The average molecular weight is 547 g/mol. The van der Waals surface area contributed by atoms with Crippen LogP contribution in [-0.2, 0) is 14.3 Å². The number of carbonyl (C=O) groups is 2. The summed E-state index contributed by atoms with van der Waals surface area (Å²) in [5.74, 6) is -0.343. The molecule has 0 aliphatic carbocycles. The van der Waals surface area contributed by atoms with E-state index in [0.717, 1.165) is 34.3 Å². The van der Waals surface area contributed by atoms with E-state index >= 15 is 0 Å². The molecule has 4 N–H and O–H groups in total. The molecule has 0 radical (unpaired) electrons. The summed E-state index contributed by atoms with van der Waals surface area (Å²) in [4.78, 5) is 28.0. The second-order valence-electron chi connectivity index (χ2n) is 9.02. The quantitative estimate of drug-likeness (QED) is 0.291. The van der Waals surface area contributed by atoms with Gasteiger partial charge in [0.2, 0.25) is 11.8 Å². The van der Waals surface area contributed by atoms with Crippen LogP contribution in [0.1, 0.15) is 23.6 Å². The summed E-state index contributed by atoms with van der Waals surface area (Å²) >= 11 is 3.43. The van der Waals surface area contributed by atoms with Gasteiger partial charge in [-0.1, -0.05) is 52.3 Å². The number of anilines is 3. The predicted molar refractivity (Wildman–Crippen MR) is 145 cm³/mol. The molecule has 3 aromatic rings. The fourth-order valence-electron chi connectivity index (χ4n) is 4.73. The summed E-state index contributed by atoms with van der Waals surface area (Å²) in [7, 11) is 0. The third-order valence-electron chi connectivity index (χ3n) is 6.53. The summed E-state index contributed by atoms with van der Waals surface area (Å²) in [5, 5.41) is 5.85. The van der Waals surface area contributed by atoms with Crippen molar-refractivity contribution in [3.8, 4) is 0 Å². The first-order valence-electron chi connectivity index (χ1n) is 11.8. The van der Waals surface area contributed by atoms with Crippen LogP contribution in [-0.4, -0.2) is 42.0 Å². The van der Waals surface area contributed by atoms with Crippen LogP contribution in [0.4, 0.5) is 17.1 Å². The lowest BCUT2D eigenvalue weighted by molar-refractivity contribution is -0.123. The molecular weight excluding hydrogens is 520 g/mol. The maximum Gasteiger partial charge on any atom is 0.248 e. The minimum absolute atomic E-state index is 0.0759. The topological polar surface area (TPSA) is 96.7 Å². The number of morpholine rings is 1. The Bertz CT molecular complexity index is 1280. The summed E-state index contributed by atoms with van der Waals surface area (Å²) in [5.41, 5.74) is 9.48. The van der Waals surface area contributed by atoms with Crippen LogP contribution in [0.5, 0.6) is 0 Å². The summed E-state index contributed by atoms with van der Waals surface area (Å²) in [6, 6.07) is 22.2. The van der Waals surface area contributed by atoms with E-state index in [2.05, 4.69) is 31.5 Å². The molecule has 8 heteroatoms. The molecule has 0 aromatic heterocycles. The number of amides is 2. The molecule has 2 heterocycles. The van der Waals surface area contributed by atoms with E-state index in [4.69, 9.17) is 10.5 Å². The minimum atomic E-state index is -0.435. The molecule has 184 valence electrons. The van der Waals surface area contributed by atoms with E-state index in [0.29, 0.717) is 18.0 Å². The van der Waals surface area contributed by atoms with Crippen LogP contribution >= 0.6 is 15.9 Å². The zero-order valence-electron chi connectivity index (χ0n) is 19.6. The average Bonchev–Trinajstić information content (AvgIpc) is 3.50. The first-order valence-corrected chi connectivity index (χ1v) is 12.6.